The van der Waals surface area contributed by atoms with Gasteiger partial charge in [-0.15, -0.1) is 0 Å². The molecule has 15 N–H and O–H groups in total. The first-order valence-corrected chi connectivity index (χ1v) is 16.3. The molecule has 4 rings (SSSR count). The molecule has 0 bridgehead atoms. The number of carbonyl (C=O) groups excluding carboxylic acids is 1. The van der Waals surface area contributed by atoms with Gasteiger partial charge in [-0.3, -0.25) is 10.1 Å². The van der Waals surface area contributed by atoms with E-state index in [0.717, 1.165) is 6.92 Å². The van der Waals surface area contributed by atoms with Crippen LogP contribution in [0.25, 0.3) is 0 Å². The molecule has 51 heavy (non-hydrogen) atoms. The zero-order valence-corrected chi connectivity index (χ0v) is 27.5. The monoisotopic (exact) mass is 750 g/mol. The van der Waals surface area contributed by atoms with Crippen molar-refractivity contribution in [2.75, 3.05) is 26.4 Å². The molecule has 4 fully saturated rings. The van der Waals surface area contributed by atoms with Crippen molar-refractivity contribution in [2.45, 2.75) is 143 Å². The van der Waals surface area contributed by atoms with Crippen molar-refractivity contribution in [3.63, 3.8) is 0 Å². The Balaban J connectivity index is 1.56. The van der Waals surface area contributed by atoms with Gasteiger partial charge >= 0.3 is 0 Å². The van der Waals surface area contributed by atoms with E-state index in [0.29, 0.717) is 0 Å². The van der Waals surface area contributed by atoms with Gasteiger partial charge in [0.15, 0.2) is 25.2 Å². The van der Waals surface area contributed by atoms with Gasteiger partial charge < -0.3 is 105 Å². The lowest BCUT2D eigenvalue weighted by Crippen LogP contribution is -2.70. The fourth-order valence-corrected chi connectivity index (χ4v) is 6.42. The van der Waals surface area contributed by atoms with Crippen molar-refractivity contribution in [3.8, 4) is 0 Å². The number of hydrogen-bond acceptors (Lipinski definition) is 22. The number of amides is 1. The highest BCUT2D eigenvalue weighted by molar-refractivity contribution is 5.73. The first-order chi connectivity index (χ1) is 24.1. The van der Waals surface area contributed by atoms with Crippen molar-refractivity contribution in [1.29, 1.82) is 0 Å². The SMILES string of the molecule is CC(=O)N[C@H]1[C@H](O[C@H]2[C@@H](O)[C@@H](CO)O[C@@H](O[C@H]3[C@H](O)[C@@H](N[C@@H](C)O)[C@H](O)O[C@@H]3CO)[C@@H]2O)O[C@H](CO)[C@@H](O[C@@H]2O[C@H](CO)[C@H](O)[C@H](O)[C@H]2O)[C@@H]1O. The second-order valence-corrected chi connectivity index (χ2v) is 12.8. The van der Waals surface area contributed by atoms with Crippen LogP contribution in [0.1, 0.15) is 13.8 Å². The summed E-state index contributed by atoms with van der Waals surface area (Å²) in [4.78, 5) is 12.2. The average molecular weight is 751 g/mol. The standard InChI is InChI=1S/C28H50N2O21/c1-7(35)29-13-17(39)22(11(5-33)45-25(13)44)50-28-21(43)24(16(38)10(4-32)47-28)51-26-14(30-8(2)36)18(40)23(12(6-34)48-26)49-27-20(42)19(41)15(37)9(3-31)46-27/h7,9-29,31-35,37-44H,3-6H2,1-2H3,(H,30,36)/t7-,9-,10-,11-,12-,13-,14-,15+,16+,17-,18-,19+,20-,21-,22-,23-,24+,25-,26+,27+,28+/m1/s1. The molecule has 0 radical (unpaired) electrons. The molecule has 0 aromatic heterocycles. The fourth-order valence-electron chi connectivity index (χ4n) is 6.42. The number of aliphatic hydroxyl groups is 13. The Morgan fingerprint density at radius 2 is 1.02 bits per heavy atom. The van der Waals surface area contributed by atoms with Crippen molar-refractivity contribution in [2.24, 2.45) is 0 Å². The molecule has 23 nitrogen and oxygen atoms in total. The van der Waals surface area contributed by atoms with Crippen LogP contribution in [0.3, 0.4) is 0 Å². The molecule has 4 aliphatic rings. The predicted octanol–water partition coefficient (Wildman–Crippen LogP) is -9.67. The molecule has 4 aliphatic heterocycles. The molecule has 298 valence electrons. The summed E-state index contributed by atoms with van der Waals surface area (Å²) in [6, 6.07) is -2.98. The summed E-state index contributed by atoms with van der Waals surface area (Å²) in [5, 5.41) is 140. The van der Waals surface area contributed by atoms with Gasteiger partial charge in [0.1, 0.15) is 97.7 Å². The molecule has 23 heteroatoms. The summed E-state index contributed by atoms with van der Waals surface area (Å²) in [6.45, 7) is -1.05. The summed E-state index contributed by atoms with van der Waals surface area (Å²) in [6.07, 6.45) is -32.4. The van der Waals surface area contributed by atoms with Crippen LogP contribution in [-0.4, -0.2) is 228 Å². The molecule has 0 saturated carbocycles. The van der Waals surface area contributed by atoms with Gasteiger partial charge in [0.05, 0.1) is 32.5 Å². The van der Waals surface area contributed by atoms with Gasteiger partial charge in [0.2, 0.25) is 5.91 Å². The molecule has 21 atom stereocenters. The maximum absolute atomic E-state index is 12.2. The zero-order valence-electron chi connectivity index (χ0n) is 27.5. The van der Waals surface area contributed by atoms with E-state index in [-0.39, 0.29) is 0 Å². The topological polar surface area (TPSA) is 369 Å². The molecule has 0 aliphatic carbocycles. The summed E-state index contributed by atoms with van der Waals surface area (Å²) < 4.78 is 39.2. The van der Waals surface area contributed by atoms with Crippen LogP contribution in [0.4, 0.5) is 0 Å². The number of nitrogens with one attached hydrogen (secondary N) is 2. The smallest absolute Gasteiger partial charge is 0.217 e. The first kappa shape index (κ1) is 42.4. The lowest BCUT2D eigenvalue weighted by Gasteiger charge is -2.50. The Morgan fingerprint density at radius 3 is 1.53 bits per heavy atom. The van der Waals surface area contributed by atoms with Crippen LogP contribution < -0.4 is 10.6 Å². The Kier molecular flexibility index (Phi) is 15.2. The minimum absolute atomic E-state index is 0.753. The van der Waals surface area contributed by atoms with E-state index in [1.54, 1.807) is 0 Å². The third kappa shape index (κ3) is 9.30. The molecule has 1 amide bonds. The van der Waals surface area contributed by atoms with E-state index < -0.39 is 161 Å². The van der Waals surface area contributed by atoms with Gasteiger partial charge in [0, 0.05) is 6.92 Å². The molecule has 0 aromatic carbocycles. The van der Waals surface area contributed by atoms with Crippen LogP contribution in [0, 0.1) is 0 Å². The van der Waals surface area contributed by atoms with Crippen molar-refractivity contribution >= 4 is 5.91 Å². The van der Waals surface area contributed by atoms with Crippen LogP contribution in [-0.2, 0) is 38.0 Å². The van der Waals surface area contributed by atoms with E-state index in [1.165, 1.54) is 6.92 Å². The lowest BCUT2D eigenvalue weighted by atomic mass is 9.94. The number of rotatable bonds is 13. The van der Waals surface area contributed by atoms with Gasteiger partial charge in [-0.1, -0.05) is 0 Å². The largest absolute Gasteiger partial charge is 0.394 e. The second kappa shape index (κ2) is 18.3. The van der Waals surface area contributed by atoms with Crippen LogP contribution >= 0.6 is 0 Å². The second-order valence-electron chi connectivity index (χ2n) is 12.8. The number of carbonyl (C=O) groups is 1. The van der Waals surface area contributed by atoms with E-state index in [2.05, 4.69) is 10.6 Å². The molecule has 0 aromatic rings. The van der Waals surface area contributed by atoms with E-state index in [1.807, 2.05) is 0 Å². The van der Waals surface area contributed by atoms with Gasteiger partial charge in [-0.25, -0.2) is 0 Å². The molecule has 4 saturated heterocycles. The highest BCUT2D eigenvalue weighted by Crippen LogP contribution is 2.34. The normalized spacial score (nSPS) is 48.6. The van der Waals surface area contributed by atoms with Crippen LogP contribution in [0.15, 0.2) is 0 Å². The number of aliphatic hydroxyl groups excluding tert-OH is 13. The number of hydrogen-bond donors (Lipinski definition) is 15. The molecule has 0 spiro atoms. The quantitative estimate of drug-likeness (QED) is 0.0777. The van der Waals surface area contributed by atoms with Gasteiger partial charge in [-0.2, -0.15) is 0 Å². The van der Waals surface area contributed by atoms with E-state index in [4.69, 9.17) is 33.2 Å². The first-order valence-electron chi connectivity index (χ1n) is 16.3. The summed E-state index contributed by atoms with van der Waals surface area (Å²) in [5.74, 6) is -0.753. The van der Waals surface area contributed by atoms with Crippen LogP contribution in [0.2, 0.25) is 0 Å². The predicted molar refractivity (Wildman–Crippen MR) is 158 cm³/mol. The molecule has 4 heterocycles. The summed E-state index contributed by atoms with van der Waals surface area (Å²) in [5.41, 5.74) is 0. The fraction of sp³-hybridized carbons (Fsp3) is 0.964. The van der Waals surface area contributed by atoms with Crippen molar-refractivity contribution in [1.82, 2.24) is 10.6 Å². The Labute approximate surface area is 290 Å². The Bertz CT molecular complexity index is 1100. The van der Waals surface area contributed by atoms with Crippen molar-refractivity contribution < 1.29 is 104 Å². The Hall–Kier alpha value is -1.37. The minimum Gasteiger partial charge on any atom is -0.394 e. The maximum atomic E-state index is 12.2. The van der Waals surface area contributed by atoms with Crippen molar-refractivity contribution in [3.05, 3.63) is 0 Å². The van der Waals surface area contributed by atoms with Crippen LogP contribution in [0.5, 0.6) is 0 Å². The zero-order chi connectivity index (χ0) is 37.9. The lowest BCUT2D eigenvalue weighted by molar-refractivity contribution is -0.377. The molecular formula is C28H50N2O21. The van der Waals surface area contributed by atoms with E-state index >= 15 is 0 Å². The highest BCUT2D eigenvalue weighted by atomic mass is 16.8. The summed E-state index contributed by atoms with van der Waals surface area (Å²) in [7, 11) is 0. The van der Waals surface area contributed by atoms with Gasteiger partial charge in [-0.05, 0) is 6.92 Å². The third-order valence-electron chi connectivity index (χ3n) is 9.07. The number of ether oxygens (including phenoxy) is 7. The molecular weight excluding hydrogens is 700 g/mol. The Morgan fingerprint density at radius 1 is 0.569 bits per heavy atom. The maximum Gasteiger partial charge on any atom is 0.217 e. The third-order valence-corrected chi connectivity index (χ3v) is 9.07. The highest BCUT2D eigenvalue weighted by Gasteiger charge is 2.55. The average Bonchev–Trinajstić information content (AvgIpc) is 3.09. The minimum atomic E-state index is -2.02. The summed E-state index contributed by atoms with van der Waals surface area (Å²) >= 11 is 0. The van der Waals surface area contributed by atoms with Gasteiger partial charge in [0.25, 0.3) is 0 Å². The molecule has 0 unspecified atom stereocenters. The van der Waals surface area contributed by atoms with E-state index in [9.17, 15) is 71.2 Å².